The van der Waals surface area contributed by atoms with E-state index in [2.05, 4.69) is 22.6 Å². The molecule has 72 valence electrons. The Hall–Kier alpha value is -0.130. The van der Waals surface area contributed by atoms with E-state index in [0.29, 0.717) is 0 Å². The summed E-state index contributed by atoms with van der Waals surface area (Å²) < 4.78 is 1.15. The van der Waals surface area contributed by atoms with Gasteiger partial charge in [-0.1, -0.05) is 18.2 Å². The highest BCUT2D eigenvalue weighted by atomic mass is 127. The molecule has 1 rings (SSSR count). The standard InChI is InChI=1S/C10H14INO/c1-6-4-3-5-8(9(6)11)10(12)7(2)13/h3-5,7,10,13H,12H2,1-2H3/t7-,10+/m1/s1. The molecule has 0 fully saturated rings. The maximum Gasteiger partial charge on any atom is 0.0705 e. The molecular weight excluding hydrogens is 277 g/mol. The third-order valence-corrected chi connectivity index (χ3v) is 3.57. The highest BCUT2D eigenvalue weighted by Crippen LogP contribution is 2.23. The van der Waals surface area contributed by atoms with Gasteiger partial charge in [0.15, 0.2) is 0 Å². The molecule has 0 spiro atoms. The van der Waals surface area contributed by atoms with Gasteiger partial charge >= 0.3 is 0 Å². The average Bonchev–Trinajstić information content (AvgIpc) is 2.08. The van der Waals surface area contributed by atoms with Gasteiger partial charge in [0.2, 0.25) is 0 Å². The minimum Gasteiger partial charge on any atom is -0.391 e. The molecule has 0 aliphatic heterocycles. The number of hydrogen-bond acceptors (Lipinski definition) is 2. The summed E-state index contributed by atoms with van der Waals surface area (Å²) in [5.74, 6) is 0. The molecule has 1 aromatic carbocycles. The van der Waals surface area contributed by atoms with E-state index < -0.39 is 6.10 Å². The van der Waals surface area contributed by atoms with Crippen LogP contribution < -0.4 is 5.73 Å². The summed E-state index contributed by atoms with van der Waals surface area (Å²) in [5, 5.41) is 9.36. The summed E-state index contributed by atoms with van der Waals surface area (Å²) in [5.41, 5.74) is 8.08. The summed E-state index contributed by atoms with van der Waals surface area (Å²) in [6.07, 6.45) is -0.504. The van der Waals surface area contributed by atoms with Gasteiger partial charge in [0.25, 0.3) is 0 Å². The highest BCUT2D eigenvalue weighted by molar-refractivity contribution is 14.1. The second-order valence-corrected chi connectivity index (χ2v) is 4.32. The molecule has 0 bridgehead atoms. The van der Waals surface area contributed by atoms with E-state index in [1.807, 2.05) is 25.1 Å². The van der Waals surface area contributed by atoms with Crippen LogP contribution in [0.25, 0.3) is 0 Å². The van der Waals surface area contributed by atoms with Crippen LogP contribution in [-0.2, 0) is 0 Å². The lowest BCUT2D eigenvalue weighted by atomic mass is 10.0. The first kappa shape index (κ1) is 10.9. The van der Waals surface area contributed by atoms with E-state index in [-0.39, 0.29) is 6.04 Å². The van der Waals surface area contributed by atoms with Crippen LogP contribution in [0.2, 0.25) is 0 Å². The van der Waals surface area contributed by atoms with Crippen LogP contribution in [0.15, 0.2) is 18.2 Å². The number of rotatable bonds is 2. The second kappa shape index (κ2) is 4.39. The van der Waals surface area contributed by atoms with E-state index in [1.54, 1.807) is 6.92 Å². The maximum absolute atomic E-state index is 9.36. The topological polar surface area (TPSA) is 46.2 Å². The van der Waals surface area contributed by atoms with Crippen molar-refractivity contribution in [2.75, 3.05) is 0 Å². The van der Waals surface area contributed by atoms with Crippen LogP contribution in [0.1, 0.15) is 24.1 Å². The number of benzene rings is 1. The van der Waals surface area contributed by atoms with Crippen molar-refractivity contribution in [2.24, 2.45) is 5.73 Å². The van der Waals surface area contributed by atoms with Crippen molar-refractivity contribution in [1.82, 2.24) is 0 Å². The number of hydrogen-bond donors (Lipinski definition) is 2. The lowest BCUT2D eigenvalue weighted by Gasteiger charge is -2.17. The molecule has 0 heterocycles. The fourth-order valence-electron chi connectivity index (χ4n) is 1.19. The van der Waals surface area contributed by atoms with Crippen molar-refractivity contribution in [2.45, 2.75) is 26.0 Å². The normalized spacial score (nSPS) is 15.5. The zero-order chi connectivity index (χ0) is 10.0. The third-order valence-electron chi connectivity index (χ3n) is 2.10. The second-order valence-electron chi connectivity index (χ2n) is 3.24. The van der Waals surface area contributed by atoms with E-state index in [0.717, 1.165) is 9.13 Å². The van der Waals surface area contributed by atoms with Crippen LogP contribution in [0.3, 0.4) is 0 Å². The molecule has 0 radical (unpaired) electrons. The van der Waals surface area contributed by atoms with Crippen LogP contribution in [0, 0.1) is 10.5 Å². The van der Waals surface area contributed by atoms with Crippen LogP contribution in [0.4, 0.5) is 0 Å². The quantitative estimate of drug-likeness (QED) is 0.818. The van der Waals surface area contributed by atoms with Crippen molar-refractivity contribution in [3.63, 3.8) is 0 Å². The zero-order valence-corrected chi connectivity index (χ0v) is 9.95. The lowest BCUT2D eigenvalue weighted by molar-refractivity contribution is 0.164. The van der Waals surface area contributed by atoms with Crippen molar-refractivity contribution in [1.29, 1.82) is 0 Å². The first-order valence-corrected chi connectivity index (χ1v) is 5.30. The van der Waals surface area contributed by atoms with E-state index in [9.17, 15) is 5.11 Å². The summed E-state index contributed by atoms with van der Waals surface area (Å²) in [6.45, 7) is 3.75. The summed E-state index contributed by atoms with van der Waals surface area (Å²) >= 11 is 2.26. The number of aryl methyl sites for hydroxylation is 1. The molecule has 0 amide bonds. The van der Waals surface area contributed by atoms with Gasteiger partial charge in [-0.3, -0.25) is 0 Å². The van der Waals surface area contributed by atoms with Crippen molar-refractivity contribution in [3.05, 3.63) is 32.9 Å². The van der Waals surface area contributed by atoms with Crippen LogP contribution >= 0.6 is 22.6 Å². The van der Waals surface area contributed by atoms with Crippen molar-refractivity contribution < 1.29 is 5.11 Å². The molecule has 13 heavy (non-hydrogen) atoms. The Morgan fingerprint density at radius 2 is 2.08 bits per heavy atom. The fraction of sp³-hybridized carbons (Fsp3) is 0.400. The monoisotopic (exact) mass is 291 g/mol. The van der Waals surface area contributed by atoms with Gasteiger partial charge < -0.3 is 10.8 Å². The van der Waals surface area contributed by atoms with Gasteiger partial charge in [0.05, 0.1) is 12.1 Å². The Morgan fingerprint density at radius 3 is 2.62 bits per heavy atom. The lowest BCUT2D eigenvalue weighted by Crippen LogP contribution is -2.24. The molecule has 0 aliphatic rings. The molecular formula is C10H14INO. The number of halogens is 1. The Labute approximate surface area is 92.3 Å². The van der Waals surface area contributed by atoms with Crippen LogP contribution in [0.5, 0.6) is 0 Å². The van der Waals surface area contributed by atoms with Gasteiger partial charge in [0.1, 0.15) is 0 Å². The summed E-state index contributed by atoms with van der Waals surface area (Å²) in [6, 6.07) is 5.69. The molecule has 0 saturated heterocycles. The molecule has 0 unspecified atom stereocenters. The Bertz CT molecular complexity index is 299. The van der Waals surface area contributed by atoms with Crippen molar-refractivity contribution in [3.8, 4) is 0 Å². The maximum atomic E-state index is 9.36. The van der Waals surface area contributed by atoms with E-state index in [4.69, 9.17) is 5.73 Å². The number of nitrogens with two attached hydrogens (primary N) is 1. The van der Waals surface area contributed by atoms with Crippen LogP contribution in [-0.4, -0.2) is 11.2 Å². The minimum atomic E-state index is -0.504. The Morgan fingerprint density at radius 1 is 1.46 bits per heavy atom. The zero-order valence-electron chi connectivity index (χ0n) is 7.79. The summed E-state index contributed by atoms with van der Waals surface area (Å²) in [7, 11) is 0. The summed E-state index contributed by atoms with van der Waals surface area (Å²) in [4.78, 5) is 0. The molecule has 0 saturated carbocycles. The van der Waals surface area contributed by atoms with E-state index >= 15 is 0 Å². The smallest absolute Gasteiger partial charge is 0.0705 e. The Balaban J connectivity index is 3.07. The van der Waals surface area contributed by atoms with Gasteiger partial charge in [-0.15, -0.1) is 0 Å². The predicted octanol–water partition coefficient (Wildman–Crippen LogP) is 1.98. The fourth-order valence-corrected chi connectivity index (χ4v) is 1.91. The van der Waals surface area contributed by atoms with Gasteiger partial charge in [-0.25, -0.2) is 0 Å². The largest absolute Gasteiger partial charge is 0.391 e. The average molecular weight is 291 g/mol. The third kappa shape index (κ3) is 2.42. The predicted molar refractivity (Wildman–Crippen MR) is 62.5 cm³/mol. The molecule has 0 aliphatic carbocycles. The van der Waals surface area contributed by atoms with E-state index in [1.165, 1.54) is 5.56 Å². The molecule has 3 heteroatoms. The number of aliphatic hydroxyl groups is 1. The first-order valence-electron chi connectivity index (χ1n) is 4.22. The Kier molecular flexibility index (Phi) is 3.70. The van der Waals surface area contributed by atoms with Gasteiger partial charge in [0, 0.05) is 3.57 Å². The minimum absolute atomic E-state index is 0.285. The molecule has 2 atom stereocenters. The number of aliphatic hydroxyl groups excluding tert-OH is 1. The SMILES string of the molecule is Cc1cccc([C@@H](N)[C@@H](C)O)c1I. The highest BCUT2D eigenvalue weighted by Gasteiger charge is 2.15. The first-order chi connectivity index (χ1) is 6.04. The van der Waals surface area contributed by atoms with Gasteiger partial charge in [-0.05, 0) is 47.6 Å². The molecule has 0 aromatic heterocycles. The molecule has 1 aromatic rings. The molecule has 3 N–H and O–H groups in total. The molecule has 2 nitrogen and oxygen atoms in total. The van der Waals surface area contributed by atoms with Gasteiger partial charge in [-0.2, -0.15) is 0 Å². The van der Waals surface area contributed by atoms with Crippen molar-refractivity contribution >= 4 is 22.6 Å².